The number of aliphatic imine (C=N–C) groups is 1. The van der Waals surface area contributed by atoms with Gasteiger partial charge in [-0.05, 0) is 24.1 Å². The molecule has 0 radical (unpaired) electrons. The molecule has 0 N–H and O–H groups in total. The fraction of sp³-hybridized carbons (Fsp3) is 0.235. The molecule has 0 spiro atoms. The Morgan fingerprint density at radius 3 is 2.74 bits per heavy atom. The molecule has 23 heavy (non-hydrogen) atoms. The van der Waals surface area contributed by atoms with E-state index in [-0.39, 0.29) is 17.5 Å². The van der Waals surface area contributed by atoms with Crippen molar-refractivity contribution in [3.63, 3.8) is 0 Å². The average Bonchev–Trinajstić information content (AvgIpc) is 3.03. The van der Waals surface area contributed by atoms with E-state index >= 15 is 0 Å². The minimum absolute atomic E-state index is 0.224. The monoisotopic (exact) mass is 329 g/mol. The van der Waals surface area contributed by atoms with Crippen LogP contribution in [0.15, 0.2) is 41.2 Å². The Labute approximate surface area is 139 Å². The fourth-order valence-corrected chi connectivity index (χ4v) is 2.61. The summed E-state index contributed by atoms with van der Waals surface area (Å²) in [6.45, 7) is 4.10. The maximum absolute atomic E-state index is 12.1. The van der Waals surface area contributed by atoms with Gasteiger partial charge in [0.05, 0.1) is 16.3 Å². The molecule has 0 saturated heterocycles. The zero-order valence-corrected chi connectivity index (χ0v) is 13.8. The summed E-state index contributed by atoms with van der Waals surface area (Å²) in [5.41, 5.74) is 2.61. The van der Waals surface area contributed by atoms with Crippen LogP contribution >= 0.6 is 11.6 Å². The molecule has 1 aliphatic rings. The first kappa shape index (κ1) is 15.5. The molecule has 0 unspecified atom stereocenters. The molecule has 0 fully saturated rings. The van der Waals surface area contributed by atoms with Gasteiger partial charge in [-0.15, -0.1) is 0 Å². The summed E-state index contributed by atoms with van der Waals surface area (Å²) in [7, 11) is 1.85. The zero-order valence-electron chi connectivity index (χ0n) is 13.1. The van der Waals surface area contributed by atoms with Crippen molar-refractivity contribution in [3.8, 4) is 0 Å². The number of ether oxygens (including phenoxy) is 1. The molecule has 0 amide bonds. The lowest BCUT2D eigenvalue weighted by atomic mass is 10.1. The van der Waals surface area contributed by atoms with Crippen LogP contribution in [0, 0.1) is 0 Å². The van der Waals surface area contributed by atoms with Gasteiger partial charge < -0.3 is 4.74 Å². The maximum atomic E-state index is 12.1. The number of hydrogen-bond acceptors (Lipinski definition) is 4. The zero-order chi connectivity index (χ0) is 16.6. The van der Waals surface area contributed by atoms with Crippen LogP contribution < -0.4 is 0 Å². The molecule has 6 heteroatoms. The molecule has 1 aromatic carbocycles. The van der Waals surface area contributed by atoms with Crippen LogP contribution in [0.3, 0.4) is 0 Å². The van der Waals surface area contributed by atoms with Crippen LogP contribution in [0.1, 0.15) is 36.6 Å². The molecule has 2 heterocycles. The van der Waals surface area contributed by atoms with Gasteiger partial charge in [0.2, 0.25) is 5.90 Å². The number of carbonyl (C=O) groups is 1. The molecule has 0 atom stereocenters. The van der Waals surface area contributed by atoms with E-state index < -0.39 is 5.97 Å². The lowest BCUT2D eigenvalue weighted by molar-refractivity contribution is -0.129. The van der Waals surface area contributed by atoms with Crippen molar-refractivity contribution < 1.29 is 9.53 Å². The van der Waals surface area contributed by atoms with E-state index in [1.807, 2.05) is 25.4 Å². The summed E-state index contributed by atoms with van der Waals surface area (Å²) in [6.07, 6.45) is 3.56. The van der Waals surface area contributed by atoms with Crippen molar-refractivity contribution in [2.45, 2.75) is 19.8 Å². The normalized spacial score (nSPS) is 16.1. The number of aryl methyl sites for hydroxylation is 1. The SMILES string of the molecule is CC(C)c1nn(C)cc1/C=C1\N=C(c2ccccc2Cl)OC1=O. The Kier molecular flexibility index (Phi) is 4.05. The van der Waals surface area contributed by atoms with Gasteiger partial charge in [-0.25, -0.2) is 9.79 Å². The first-order valence-electron chi connectivity index (χ1n) is 7.26. The third kappa shape index (κ3) is 3.05. The summed E-state index contributed by atoms with van der Waals surface area (Å²) in [5.74, 6) is -0.0205. The van der Waals surface area contributed by atoms with Crippen LogP contribution in [0.25, 0.3) is 6.08 Å². The topological polar surface area (TPSA) is 56.5 Å². The average molecular weight is 330 g/mol. The first-order valence-corrected chi connectivity index (χ1v) is 7.64. The van der Waals surface area contributed by atoms with Gasteiger partial charge in [0.15, 0.2) is 5.70 Å². The lowest BCUT2D eigenvalue weighted by Crippen LogP contribution is -2.05. The Hall–Kier alpha value is -2.40. The number of hydrogen-bond donors (Lipinski definition) is 0. The summed E-state index contributed by atoms with van der Waals surface area (Å²) in [6, 6.07) is 7.12. The Balaban J connectivity index is 2.01. The Bertz CT molecular complexity index is 834. The number of rotatable bonds is 3. The number of benzene rings is 1. The minimum atomic E-state index is -0.488. The Morgan fingerprint density at radius 2 is 2.04 bits per heavy atom. The number of halogens is 1. The lowest BCUT2D eigenvalue weighted by Gasteiger charge is -2.01. The van der Waals surface area contributed by atoms with Crippen LogP contribution in [0.2, 0.25) is 5.02 Å². The second kappa shape index (κ2) is 6.01. The highest BCUT2D eigenvalue weighted by Gasteiger charge is 2.26. The quantitative estimate of drug-likeness (QED) is 0.639. The maximum Gasteiger partial charge on any atom is 0.363 e. The molecule has 5 nitrogen and oxygen atoms in total. The summed E-state index contributed by atoms with van der Waals surface area (Å²) < 4.78 is 6.97. The van der Waals surface area contributed by atoms with Crippen LogP contribution in [0.4, 0.5) is 0 Å². The van der Waals surface area contributed by atoms with Crippen molar-refractivity contribution >= 4 is 29.5 Å². The van der Waals surface area contributed by atoms with Gasteiger partial charge in [-0.3, -0.25) is 4.68 Å². The molecule has 1 aromatic heterocycles. The summed E-state index contributed by atoms with van der Waals surface area (Å²) in [4.78, 5) is 16.4. The largest absolute Gasteiger partial charge is 0.402 e. The second-order valence-electron chi connectivity index (χ2n) is 5.61. The molecule has 0 bridgehead atoms. The first-order chi connectivity index (χ1) is 11.0. The molecule has 0 aliphatic carbocycles. The standard InChI is InChI=1S/C17H16ClN3O2/c1-10(2)15-11(9-21(3)20-15)8-14-17(22)23-16(19-14)12-6-4-5-7-13(12)18/h4-10H,1-3H3/b14-8-. The van der Waals surface area contributed by atoms with Crippen molar-refractivity contribution in [2.75, 3.05) is 0 Å². The van der Waals surface area contributed by atoms with E-state index in [2.05, 4.69) is 23.9 Å². The molecule has 0 saturated carbocycles. The van der Waals surface area contributed by atoms with E-state index in [0.29, 0.717) is 10.6 Å². The second-order valence-corrected chi connectivity index (χ2v) is 6.02. The molecule has 2 aromatic rings. The highest BCUT2D eigenvalue weighted by molar-refractivity contribution is 6.34. The van der Waals surface area contributed by atoms with Crippen LogP contribution in [-0.4, -0.2) is 21.6 Å². The van der Waals surface area contributed by atoms with Crippen molar-refractivity contribution in [1.82, 2.24) is 9.78 Å². The van der Waals surface area contributed by atoms with Crippen molar-refractivity contribution in [3.05, 3.63) is 58.0 Å². The van der Waals surface area contributed by atoms with Gasteiger partial charge in [0, 0.05) is 18.8 Å². The number of esters is 1. The number of aromatic nitrogens is 2. The van der Waals surface area contributed by atoms with E-state index in [9.17, 15) is 4.79 Å². The molecule has 3 rings (SSSR count). The predicted octanol–water partition coefficient (Wildman–Crippen LogP) is 3.54. The van der Waals surface area contributed by atoms with Gasteiger partial charge in [0.1, 0.15) is 0 Å². The predicted molar refractivity (Wildman–Crippen MR) is 89.4 cm³/mol. The summed E-state index contributed by atoms with van der Waals surface area (Å²) in [5, 5.41) is 4.91. The van der Waals surface area contributed by atoms with Crippen molar-refractivity contribution in [2.24, 2.45) is 12.0 Å². The van der Waals surface area contributed by atoms with Gasteiger partial charge in [0.25, 0.3) is 0 Å². The number of carbonyl (C=O) groups excluding carboxylic acids is 1. The molecule has 1 aliphatic heterocycles. The van der Waals surface area contributed by atoms with E-state index in [1.54, 1.807) is 22.9 Å². The number of nitrogens with zero attached hydrogens (tertiary/aromatic N) is 3. The van der Waals surface area contributed by atoms with E-state index in [1.165, 1.54) is 0 Å². The van der Waals surface area contributed by atoms with E-state index in [0.717, 1.165) is 11.3 Å². The summed E-state index contributed by atoms with van der Waals surface area (Å²) >= 11 is 6.13. The third-order valence-electron chi connectivity index (χ3n) is 3.45. The minimum Gasteiger partial charge on any atom is -0.402 e. The molecule has 118 valence electrons. The van der Waals surface area contributed by atoms with Gasteiger partial charge >= 0.3 is 5.97 Å². The Morgan fingerprint density at radius 1 is 1.30 bits per heavy atom. The molecular formula is C17H16ClN3O2. The smallest absolute Gasteiger partial charge is 0.363 e. The van der Waals surface area contributed by atoms with Gasteiger partial charge in [-0.1, -0.05) is 37.6 Å². The molecular weight excluding hydrogens is 314 g/mol. The highest BCUT2D eigenvalue weighted by Crippen LogP contribution is 2.25. The number of cyclic esters (lactones) is 1. The van der Waals surface area contributed by atoms with Crippen LogP contribution in [0.5, 0.6) is 0 Å². The highest BCUT2D eigenvalue weighted by atomic mass is 35.5. The van der Waals surface area contributed by atoms with E-state index in [4.69, 9.17) is 16.3 Å². The fourth-order valence-electron chi connectivity index (χ4n) is 2.39. The van der Waals surface area contributed by atoms with Crippen molar-refractivity contribution in [1.29, 1.82) is 0 Å². The van der Waals surface area contributed by atoms with Crippen LogP contribution in [-0.2, 0) is 16.6 Å². The van der Waals surface area contributed by atoms with Gasteiger partial charge in [-0.2, -0.15) is 5.10 Å². The third-order valence-corrected chi connectivity index (χ3v) is 3.78.